The van der Waals surface area contributed by atoms with Crippen molar-refractivity contribution >= 4 is 0 Å². The van der Waals surface area contributed by atoms with Gasteiger partial charge in [-0.15, -0.1) is 0 Å². The summed E-state index contributed by atoms with van der Waals surface area (Å²) in [6.07, 6.45) is 6.88. The van der Waals surface area contributed by atoms with E-state index in [0.717, 1.165) is 25.0 Å². The molecule has 2 aliphatic rings. The highest BCUT2D eigenvalue weighted by Crippen LogP contribution is 2.50. The molecular weight excluding hydrogens is 246 g/mol. The van der Waals surface area contributed by atoms with Gasteiger partial charge in [-0.3, -0.25) is 0 Å². The summed E-state index contributed by atoms with van der Waals surface area (Å²) in [5, 5.41) is 3.71. The summed E-state index contributed by atoms with van der Waals surface area (Å²) in [7, 11) is 0. The Balaban J connectivity index is 1.57. The van der Waals surface area contributed by atoms with E-state index in [-0.39, 0.29) is 0 Å². The van der Waals surface area contributed by atoms with Gasteiger partial charge in [-0.05, 0) is 56.0 Å². The third-order valence-corrected chi connectivity index (χ3v) is 4.84. The van der Waals surface area contributed by atoms with Gasteiger partial charge in [0.1, 0.15) is 0 Å². The summed E-state index contributed by atoms with van der Waals surface area (Å²) < 4.78 is 5.93. The quantitative estimate of drug-likeness (QED) is 0.853. The molecule has 0 bridgehead atoms. The molecule has 1 aromatic carbocycles. The average molecular weight is 273 g/mol. The maximum absolute atomic E-state index is 5.93. The molecular formula is C18H27NO. The topological polar surface area (TPSA) is 21.3 Å². The summed E-state index contributed by atoms with van der Waals surface area (Å²) in [5.74, 6) is 1.58. The van der Waals surface area contributed by atoms with Gasteiger partial charge in [0.05, 0.1) is 6.10 Å². The van der Waals surface area contributed by atoms with E-state index in [4.69, 9.17) is 4.74 Å². The minimum Gasteiger partial charge on any atom is -0.378 e. The van der Waals surface area contributed by atoms with Crippen LogP contribution in [0.4, 0.5) is 0 Å². The lowest BCUT2D eigenvalue weighted by Crippen LogP contribution is -2.36. The van der Waals surface area contributed by atoms with E-state index in [2.05, 4.69) is 42.6 Å². The molecule has 1 heterocycles. The van der Waals surface area contributed by atoms with Crippen LogP contribution in [0.1, 0.15) is 50.5 Å². The summed E-state index contributed by atoms with van der Waals surface area (Å²) in [6, 6.07) is 11.6. The van der Waals surface area contributed by atoms with Crippen LogP contribution in [-0.2, 0) is 4.74 Å². The Bertz CT molecular complexity index is 399. The minimum absolute atomic E-state index is 0.491. The van der Waals surface area contributed by atoms with Crippen molar-refractivity contribution in [2.45, 2.75) is 57.1 Å². The van der Waals surface area contributed by atoms with E-state index in [0.29, 0.717) is 12.1 Å². The first-order chi connectivity index (χ1) is 9.88. The Labute approximate surface area is 122 Å². The van der Waals surface area contributed by atoms with Crippen molar-refractivity contribution in [3.63, 3.8) is 0 Å². The van der Waals surface area contributed by atoms with Crippen molar-refractivity contribution in [2.24, 2.45) is 5.92 Å². The fourth-order valence-corrected chi connectivity index (χ4v) is 3.69. The summed E-state index contributed by atoms with van der Waals surface area (Å²) >= 11 is 0. The Morgan fingerprint density at radius 2 is 2.10 bits per heavy atom. The van der Waals surface area contributed by atoms with Crippen LogP contribution in [-0.4, -0.2) is 25.3 Å². The molecule has 0 amide bonds. The van der Waals surface area contributed by atoms with Gasteiger partial charge in [0.25, 0.3) is 0 Å². The third-order valence-electron chi connectivity index (χ3n) is 4.84. The van der Waals surface area contributed by atoms with Gasteiger partial charge < -0.3 is 10.1 Å². The first-order valence-electron chi connectivity index (χ1n) is 8.28. The minimum atomic E-state index is 0.491. The van der Waals surface area contributed by atoms with Crippen molar-refractivity contribution < 1.29 is 4.74 Å². The zero-order chi connectivity index (χ0) is 13.8. The van der Waals surface area contributed by atoms with Crippen molar-refractivity contribution in [3.8, 4) is 0 Å². The fraction of sp³-hybridized carbons (Fsp3) is 0.667. The monoisotopic (exact) mass is 273 g/mol. The van der Waals surface area contributed by atoms with Crippen LogP contribution in [0.3, 0.4) is 0 Å². The van der Waals surface area contributed by atoms with E-state index in [1.165, 1.54) is 37.7 Å². The van der Waals surface area contributed by atoms with Gasteiger partial charge in [0.15, 0.2) is 0 Å². The molecule has 1 aliphatic carbocycles. The largest absolute Gasteiger partial charge is 0.378 e. The Hall–Kier alpha value is -0.860. The molecule has 0 radical (unpaired) electrons. The Kier molecular flexibility index (Phi) is 4.74. The standard InChI is InChI=1S/C18H27NO/c1-2-19-18(12-15-10-6-7-11-20-15)17-13-16(17)14-8-4-3-5-9-14/h3-5,8-9,15-19H,2,6-7,10-13H2,1H3. The molecule has 1 aromatic rings. The van der Waals surface area contributed by atoms with Crippen molar-refractivity contribution in [1.29, 1.82) is 0 Å². The second-order valence-electron chi connectivity index (χ2n) is 6.31. The molecule has 20 heavy (non-hydrogen) atoms. The van der Waals surface area contributed by atoms with Crippen LogP contribution in [0.2, 0.25) is 0 Å². The highest BCUT2D eigenvalue weighted by atomic mass is 16.5. The number of nitrogens with one attached hydrogen (secondary N) is 1. The molecule has 1 aliphatic heterocycles. The highest BCUT2D eigenvalue weighted by Gasteiger charge is 2.44. The molecule has 0 spiro atoms. The molecule has 110 valence electrons. The lowest BCUT2D eigenvalue weighted by atomic mass is 9.96. The normalized spacial score (nSPS) is 30.9. The molecule has 2 fully saturated rings. The Morgan fingerprint density at radius 3 is 2.80 bits per heavy atom. The maximum atomic E-state index is 5.93. The van der Waals surface area contributed by atoms with Crippen molar-refractivity contribution in [2.75, 3.05) is 13.2 Å². The van der Waals surface area contributed by atoms with Crippen molar-refractivity contribution in [1.82, 2.24) is 5.32 Å². The van der Waals surface area contributed by atoms with E-state index < -0.39 is 0 Å². The first kappa shape index (κ1) is 14.1. The van der Waals surface area contributed by atoms with Gasteiger partial charge in [-0.25, -0.2) is 0 Å². The maximum Gasteiger partial charge on any atom is 0.0590 e. The van der Waals surface area contributed by atoms with Crippen LogP contribution in [0.5, 0.6) is 0 Å². The Morgan fingerprint density at radius 1 is 1.25 bits per heavy atom. The van der Waals surface area contributed by atoms with Gasteiger partial charge in [0, 0.05) is 12.6 Å². The van der Waals surface area contributed by atoms with Crippen molar-refractivity contribution in [3.05, 3.63) is 35.9 Å². The first-order valence-corrected chi connectivity index (χ1v) is 8.28. The molecule has 1 N–H and O–H groups in total. The zero-order valence-electron chi connectivity index (χ0n) is 12.6. The van der Waals surface area contributed by atoms with Crippen LogP contribution in [0, 0.1) is 5.92 Å². The number of ether oxygens (including phenoxy) is 1. The summed E-state index contributed by atoms with van der Waals surface area (Å²) in [6.45, 7) is 4.25. The second-order valence-corrected chi connectivity index (χ2v) is 6.31. The van der Waals surface area contributed by atoms with Crippen LogP contribution < -0.4 is 5.32 Å². The third kappa shape index (κ3) is 3.42. The number of hydrogen-bond donors (Lipinski definition) is 1. The van der Waals surface area contributed by atoms with Gasteiger partial charge in [-0.2, -0.15) is 0 Å². The smallest absolute Gasteiger partial charge is 0.0590 e. The molecule has 2 heteroatoms. The zero-order valence-corrected chi connectivity index (χ0v) is 12.6. The number of hydrogen-bond acceptors (Lipinski definition) is 2. The molecule has 2 nitrogen and oxygen atoms in total. The predicted molar refractivity (Wildman–Crippen MR) is 83.0 cm³/mol. The molecule has 1 saturated carbocycles. The van der Waals surface area contributed by atoms with E-state index in [1.807, 2.05) is 0 Å². The van der Waals surface area contributed by atoms with Gasteiger partial charge >= 0.3 is 0 Å². The fourth-order valence-electron chi connectivity index (χ4n) is 3.69. The molecule has 3 rings (SSSR count). The van der Waals surface area contributed by atoms with E-state index in [9.17, 15) is 0 Å². The number of benzene rings is 1. The average Bonchev–Trinajstić information content (AvgIpc) is 3.29. The van der Waals surface area contributed by atoms with E-state index in [1.54, 1.807) is 0 Å². The summed E-state index contributed by atoms with van der Waals surface area (Å²) in [4.78, 5) is 0. The van der Waals surface area contributed by atoms with E-state index >= 15 is 0 Å². The van der Waals surface area contributed by atoms with Gasteiger partial charge in [-0.1, -0.05) is 37.3 Å². The van der Waals surface area contributed by atoms with Crippen LogP contribution in [0.25, 0.3) is 0 Å². The van der Waals surface area contributed by atoms with Crippen LogP contribution in [0.15, 0.2) is 30.3 Å². The van der Waals surface area contributed by atoms with Gasteiger partial charge in [0.2, 0.25) is 0 Å². The highest BCUT2D eigenvalue weighted by molar-refractivity contribution is 5.26. The lowest BCUT2D eigenvalue weighted by molar-refractivity contribution is 0.00380. The molecule has 0 aromatic heterocycles. The predicted octanol–water partition coefficient (Wildman–Crippen LogP) is 3.73. The molecule has 4 atom stereocenters. The lowest BCUT2D eigenvalue weighted by Gasteiger charge is -2.27. The summed E-state index contributed by atoms with van der Waals surface area (Å²) in [5.41, 5.74) is 1.52. The SMILES string of the molecule is CCNC(CC1CCCCO1)C1CC1c1ccccc1. The second kappa shape index (κ2) is 6.73. The molecule has 1 saturated heterocycles. The molecule has 4 unspecified atom stereocenters. The number of rotatable bonds is 6. The van der Waals surface area contributed by atoms with Crippen LogP contribution >= 0.6 is 0 Å².